The second-order valence-electron chi connectivity index (χ2n) is 6.44. The van der Waals surface area contributed by atoms with Gasteiger partial charge in [0.1, 0.15) is 5.15 Å². The average molecular weight is 365 g/mol. The summed E-state index contributed by atoms with van der Waals surface area (Å²) in [6.45, 7) is 6.38. The molecule has 2 aromatic rings. The maximum absolute atomic E-state index is 6.55. The van der Waals surface area contributed by atoms with E-state index in [1.54, 1.807) is 4.68 Å². The highest BCUT2D eigenvalue weighted by Crippen LogP contribution is 2.26. The van der Waals surface area contributed by atoms with Crippen molar-refractivity contribution in [2.75, 3.05) is 0 Å². The Morgan fingerprint density at radius 3 is 2.58 bits per heavy atom. The van der Waals surface area contributed by atoms with Crippen molar-refractivity contribution in [3.8, 4) is 5.69 Å². The fourth-order valence-electron chi connectivity index (χ4n) is 3.20. The minimum Gasteiger partial charge on any atom is -0.292 e. The summed E-state index contributed by atoms with van der Waals surface area (Å²) in [6, 6.07) is 8.39. The summed E-state index contributed by atoms with van der Waals surface area (Å²) in [5.41, 5.74) is 2.54. The van der Waals surface area contributed by atoms with Crippen molar-refractivity contribution in [3.63, 3.8) is 0 Å². The molecule has 0 amide bonds. The zero-order valence-corrected chi connectivity index (χ0v) is 15.7. The minimum atomic E-state index is 0.451. The van der Waals surface area contributed by atoms with E-state index in [2.05, 4.69) is 24.0 Å². The van der Waals surface area contributed by atoms with Crippen LogP contribution in [0, 0.1) is 6.92 Å². The van der Waals surface area contributed by atoms with Gasteiger partial charge in [-0.3, -0.25) is 5.01 Å². The molecule has 6 heteroatoms. The molecule has 1 aromatic carbocycles. The summed E-state index contributed by atoms with van der Waals surface area (Å²) < 4.78 is 1.70. The van der Waals surface area contributed by atoms with Crippen LogP contribution in [0.3, 0.4) is 0 Å². The topological polar surface area (TPSA) is 33.4 Å². The average Bonchev–Trinajstić information content (AvgIpc) is 2.82. The van der Waals surface area contributed by atoms with Crippen LogP contribution in [0.4, 0.5) is 0 Å². The summed E-state index contributed by atoms with van der Waals surface area (Å²) in [7, 11) is 0. The molecular weight excluding hydrogens is 343 g/mol. The van der Waals surface area contributed by atoms with Crippen LogP contribution >= 0.6 is 23.2 Å². The number of rotatable bonds is 3. The number of nitrogens with zero attached hydrogens (tertiary/aromatic N) is 4. The number of benzene rings is 1. The first-order chi connectivity index (χ1) is 11.5. The third-order valence-electron chi connectivity index (χ3n) is 4.57. The van der Waals surface area contributed by atoms with Gasteiger partial charge in [0.05, 0.1) is 23.2 Å². The second-order valence-corrected chi connectivity index (χ2v) is 7.23. The molecule has 24 heavy (non-hydrogen) atoms. The van der Waals surface area contributed by atoms with Gasteiger partial charge in [-0.2, -0.15) is 10.2 Å². The second kappa shape index (κ2) is 7.16. The van der Waals surface area contributed by atoms with Crippen molar-refractivity contribution in [1.82, 2.24) is 14.8 Å². The van der Waals surface area contributed by atoms with Crippen molar-refractivity contribution in [2.45, 2.75) is 52.1 Å². The number of aryl methyl sites for hydroxylation is 1. The van der Waals surface area contributed by atoms with Crippen LogP contribution in [0.25, 0.3) is 5.69 Å². The Morgan fingerprint density at radius 1 is 1.21 bits per heavy atom. The van der Waals surface area contributed by atoms with Crippen molar-refractivity contribution >= 4 is 29.4 Å². The summed E-state index contributed by atoms with van der Waals surface area (Å²) in [4.78, 5) is 0. The van der Waals surface area contributed by atoms with Gasteiger partial charge >= 0.3 is 0 Å². The van der Waals surface area contributed by atoms with Crippen LogP contribution in [0.1, 0.15) is 44.4 Å². The molecule has 1 aromatic heterocycles. The van der Waals surface area contributed by atoms with E-state index in [9.17, 15) is 0 Å². The lowest BCUT2D eigenvalue weighted by atomic mass is 10.00. The van der Waals surface area contributed by atoms with E-state index in [1.807, 2.05) is 37.4 Å². The van der Waals surface area contributed by atoms with E-state index >= 15 is 0 Å². The monoisotopic (exact) mass is 364 g/mol. The largest absolute Gasteiger partial charge is 0.292 e. The molecule has 3 rings (SSSR count). The first kappa shape index (κ1) is 17.3. The van der Waals surface area contributed by atoms with E-state index in [4.69, 9.17) is 28.3 Å². The number of hydrogen-bond acceptors (Lipinski definition) is 3. The molecule has 0 saturated carbocycles. The van der Waals surface area contributed by atoms with Crippen molar-refractivity contribution in [2.24, 2.45) is 5.10 Å². The number of hydrazone groups is 1. The third-order valence-corrected chi connectivity index (χ3v) is 5.17. The molecule has 0 unspecified atom stereocenters. The molecule has 1 saturated heterocycles. The van der Waals surface area contributed by atoms with Crippen molar-refractivity contribution in [1.29, 1.82) is 0 Å². The maximum atomic E-state index is 6.55. The predicted molar refractivity (Wildman–Crippen MR) is 101 cm³/mol. The Kier molecular flexibility index (Phi) is 5.16. The lowest BCUT2D eigenvalue weighted by Crippen LogP contribution is -2.39. The van der Waals surface area contributed by atoms with Gasteiger partial charge in [-0.1, -0.05) is 29.3 Å². The summed E-state index contributed by atoms with van der Waals surface area (Å²) in [5.74, 6) is 0. The molecule has 128 valence electrons. The van der Waals surface area contributed by atoms with E-state index < -0.39 is 0 Å². The highest BCUT2D eigenvalue weighted by Gasteiger charge is 2.23. The van der Waals surface area contributed by atoms with Gasteiger partial charge < -0.3 is 0 Å². The van der Waals surface area contributed by atoms with E-state index in [-0.39, 0.29) is 0 Å². The smallest absolute Gasteiger partial charge is 0.142 e. The van der Waals surface area contributed by atoms with E-state index in [0.717, 1.165) is 16.9 Å². The van der Waals surface area contributed by atoms with Crippen LogP contribution in [0.15, 0.2) is 29.4 Å². The zero-order chi connectivity index (χ0) is 17.3. The zero-order valence-electron chi connectivity index (χ0n) is 14.2. The molecule has 0 N–H and O–H groups in total. The van der Waals surface area contributed by atoms with Gasteiger partial charge in [0, 0.05) is 17.1 Å². The molecule has 2 atom stereocenters. The summed E-state index contributed by atoms with van der Waals surface area (Å²) >= 11 is 12.6. The predicted octanol–water partition coefficient (Wildman–Crippen LogP) is 5.08. The molecule has 0 radical (unpaired) electrons. The van der Waals surface area contributed by atoms with Crippen LogP contribution in [-0.4, -0.2) is 33.1 Å². The molecule has 0 spiro atoms. The minimum absolute atomic E-state index is 0.451. The molecule has 0 bridgehead atoms. The Labute approximate surface area is 153 Å². The summed E-state index contributed by atoms with van der Waals surface area (Å²) in [6.07, 6.45) is 5.46. The summed E-state index contributed by atoms with van der Waals surface area (Å²) in [5, 5.41) is 12.6. The normalized spacial score (nSPS) is 21.6. The third kappa shape index (κ3) is 3.45. The molecule has 1 fully saturated rings. The Bertz CT molecular complexity index is 743. The van der Waals surface area contributed by atoms with Crippen LogP contribution < -0.4 is 0 Å². The van der Waals surface area contributed by atoms with Gasteiger partial charge in [-0.05, 0) is 58.2 Å². The van der Waals surface area contributed by atoms with Gasteiger partial charge in [-0.15, -0.1) is 0 Å². The molecule has 2 heterocycles. The van der Waals surface area contributed by atoms with Crippen LogP contribution in [-0.2, 0) is 0 Å². The fraction of sp³-hybridized carbons (Fsp3) is 0.444. The number of aromatic nitrogens is 2. The fourth-order valence-corrected chi connectivity index (χ4v) is 3.70. The quantitative estimate of drug-likeness (QED) is 0.711. The lowest BCUT2D eigenvalue weighted by Gasteiger charge is -2.36. The van der Waals surface area contributed by atoms with Gasteiger partial charge in [-0.25, -0.2) is 4.68 Å². The van der Waals surface area contributed by atoms with Gasteiger partial charge in [0.25, 0.3) is 0 Å². The van der Waals surface area contributed by atoms with Crippen LogP contribution in [0.2, 0.25) is 10.2 Å². The molecule has 1 aliphatic heterocycles. The SMILES string of the molecule is Cc1nn(-c2cccc(Cl)c2)c(Cl)c1/C=N\N1[C@@H](C)CCC[C@@H]1C. The Balaban J connectivity index is 1.91. The number of piperidine rings is 1. The molecule has 4 nitrogen and oxygen atoms in total. The highest BCUT2D eigenvalue weighted by atomic mass is 35.5. The van der Waals surface area contributed by atoms with Gasteiger partial charge in [0.15, 0.2) is 0 Å². The molecular formula is C18H22Cl2N4. The van der Waals surface area contributed by atoms with Crippen molar-refractivity contribution < 1.29 is 0 Å². The van der Waals surface area contributed by atoms with Crippen molar-refractivity contribution in [3.05, 3.63) is 45.7 Å². The van der Waals surface area contributed by atoms with E-state index in [1.165, 1.54) is 19.3 Å². The first-order valence-electron chi connectivity index (χ1n) is 8.30. The standard InChI is InChI=1S/C18H22Cl2N4/c1-12-6-4-7-13(2)23(12)21-11-17-14(3)22-24(18(17)20)16-9-5-8-15(19)10-16/h5,8-13H,4,6-7H2,1-3H3/b21-11-/t12-,13-/m0/s1. The highest BCUT2D eigenvalue weighted by molar-refractivity contribution is 6.32. The first-order valence-corrected chi connectivity index (χ1v) is 9.06. The van der Waals surface area contributed by atoms with E-state index in [0.29, 0.717) is 22.3 Å². The maximum Gasteiger partial charge on any atom is 0.142 e. The Morgan fingerprint density at radius 2 is 1.92 bits per heavy atom. The van der Waals surface area contributed by atoms with Crippen LogP contribution in [0.5, 0.6) is 0 Å². The lowest BCUT2D eigenvalue weighted by molar-refractivity contribution is 0.109. The Hall–Kier alpha value is -1.52. The molecule has 1 aliphatic rings. The number of hydrogen-bond donors (Lipinski definition) is 0. The van der Waals surface area contributed by atoms with Gasteiger partial charge in [0.2, 0.25) is 0 Å². The number of halogens is 2. The molecule has 0 aliphatic carbocycles.